The zero-order chi connectivity index (χ0) is 32.6. The van der Waals surface area contributed by atoms with E-state index in [2.05, 4.69) is 69.2 Å². The van der Waals surface area contributed by atoms with Gasteiger partial charge in [-0.1, -0.05) is 136 Å². The lowest BCUT2D eigenvalue weighted by atomic mass is 10.4. The van der Waals surface area contributed by atoms with Gasteiger partial charge in [-0.3, -0.25) is 0 Å². The molecule has 10 heteroatoms. The van der Waals surface area contributed by atoms with Crippen molar-refractivity contribution >= 4 is 65.0 Å². The van der Waals surface area contributed by atoms with Gasteiger partial charge in [-0.05, 0) is 51.4 Å². The van der Waals surface area contributed by atoms with Crippen LogP contribution in [0, 0.1) is 0 Å². The topological polar surface area (TPSA) is 36.9 Å². The van der Waals surface area contributed by atoms with Crippen LogP contribution in [-0.4, -0.2) is 75.0 Å². The van der Waals surface area contributed by atoms with Crippen molar-refractivity contribution in [1.82, 2.24) is 0 Å². The fourth-order valence-corrected chi connectivity index (χ4v) is 7.39. The lowest BCUT2D eigenvalue weighted by molar-refractivity contribution is 0.135. The molecule has 0 bridgehead atoms. The largest absolute Gasteiger partial charge is 0.381 e. The molecule has 42 heavy (non-hydrogen) atoms. The first-order chi connectivity index (χ1) is 20.6. The molecule has 0 atom stereocenters. The Labute approximate surface area is 290 Å². The van der Waals surface area contributed by atoms with E-state index < -0.39 is 0 Å². The SMILES string of the molecule is CCCC.CCCOCCC.CCCOCCSSCCC.CCCOCCSSOCCC.CCCSSCCC. The van der Waals surface area contributed by atoms with Crippen LogP contribution >= 0.6 is 65.0 Å². The molecule has 0 saturated carbocycles. The van der Waals surface area contributed by atoms with Crippen LogP contribution in [0.5, 0.6) is 0 Å². The van der Waals surface area contributed by atoms with Gasteiger partial charge in [0, 0.05) is 55.2 Å². The van der Waals surface area contributed by atoms with Crippen LogP contribution in [0.4, 0.5) is 0 Å². The minimum atomic E-state index is 0.834. The molecule has 0 amide bonds. The first kappa shape index (κ1) is 53.4. The van der Waals surface area contributed by atoms with Crippen molar-refractivity contribution in [1.29, 1.82) is 0 Å². The summed E-state index contributed by atoms with van der Waals surface area (Å²) in [5.74, 6) is 6.02. The molecular weight excluding hydrogens is 641 g/mol. The Morgan fingerprint density at radius 1 is 0.286 bits per heavy atom. The molecule has 0 heterocycles. The van der Waals surface area contributed by atoms with Crippen molar-refractivity contribution in [3.8, 4) is 0 Å². The highest BCUT2D eigenvalue weighted by atomic mass is 33.1. The van der Waals surface area contributed by atoms with Crippen molar-refractivity contribution in [2.24, 2.45) is 0 Å². The molecule has 0 saturated heterocycles. The Morgan fingerprint density at radius 3 is 0.905 bits per heavy atom. The summed E-state index contributed by atoms with van der Waals surface area (Å²) in [7, 11) is 9.57. The standard InChI is InChI=1S/C8H18O2S2.C8H18OS2.C6H14O.C6H14S2.C4H10/c1-3-5-9-7-8-11-12-10-6-4-2;1-3-5-9-6-8-11-10-7-4-2;1-3-5-7-6-4-2;1-3-5-7-8-6-4-2;1-3-4-2/h3-8H2,1-2H3;3-8H2,1-2H3;3-6H2,1-2H3;3-6H2,1-2H3;3-4H2,1-2H3. The number of hydrogen-bond donors (Lipinski definition) is 0. The summed E-state index contributed by atoms with van der Waals surface area (Å²) in [6.45, 7) is 27.8. The minimum absolute atomic E-state index is 0.834. The summed E-state index contributed by atoms with van der Waals surface area (Å²) in [5.41, 5.74) is 0. The van der Waals surface area contributed by atoms with Crippen LogP contribution in [0.1, 0.15) is 133 Å². The molecule has 0 radical (unpaired) electrons. The molecule has 0 aliphatic rings. The normalized spacial score (nSPS) is 9.86. The Hall–Kier alpha value is 1.94. The van der Waals surface area contributed by atoms with Gasteiger partial charge in [0.05, 0.1) is 30.9 Å². The molecule has 0 aromatic rings. The maximum Gasteiger partial charge on any atom is 0.0622 e. The second-order valence-corrected chi connectivity index (χ2v) is 16.4. The summed E-state index contributed by atoms with van der Waals surface area (Å²) < 4.78 is 21.0. The summed E-state index contributed by atoms with van der Waals surface area (Å²) in [4.78, 5) is 0. The van der Waals surface area contributed by atoms with Crippen molar-refractivity contribution in [2.45, 2.75) is 133 Å². The maximum atomic E-state index is 5.33. The van der Waals surface area contributed by atoms with Gasteiger partial charge in [0.15, 0.2) is 0 Å². The van der Waals surface area contributed by atoms with Gasteiger partial charge in [0.2, 0.25) is 0 Å². The maximum absolute atomic E-state index is 5.33. The van der Waals surface area contributed by atoms with Gasteiger partial charge in [-0.15, -0.1) is 0 Å². The van der Waals surface area contributed by atoms with E-state index in [1.165, 1.54) is 60.4 Å². The molecule has 0 spiro atoms. The fraction of sp³-hybridized carbons (Fsp3) is 1.00. The van der Waals surface area contributed by atoms with Gasteiger partial charge in [0.1, 0.15) is 0 Å². The van der Waals surface area contributed by atoms with Gasteiger partial charge in [-0.2, -0.15) is 0 Å². The van der Waals surface area contributed by atoms with E-state index in [4.69, 9.17) is 18.4 Å². The Morgan fingerprint density at radius 2 is 0.595 bits per heavy atom. The van der Waals surface area contributed by atoms with Crippen molar-refractivity contribution in [3.05, 3.63) is 0 Å². The van der Waals surface area contributed by atoms with Gasteiger partial charge in [0.25, 0.3) is 0 Å². The monoisotopic (exact) mass is 714 g/mol. The van der Waals surface area contributed by atoms with Crippen LogP contribution in [0.15, 0.2) is 0 Å². The molecule has 262 valence electrons. The van der Waals surface area contributed by atoms with Crippen molar-refractivity contribution < 1.29 is 18.4 Å². The fourth-order valence-electron chi connectivity index (χ4n) is 1.74. The van der Waals surface area contributed by atoms with E-state index in [0.29, 0.717) is 0 Å². The van der Waals surface area contributed by atoms with E-state index in [9.17, 15) is 0 Å². The number of unbranched alkanes of at least 4 members (excludes halogenated alkanes) is 1. The van der Waals surface area contributed by atoms with E-state index in [0.717, 1.165) is 89.9 Å². The molecule has 0 N–H and O–H groups in total. The molecule has 0 aliphatic carbocycles. The molecular formula is C32H74O4S6. The Kier molecular flexibility index (Phi) is 83.4. The molecule has 0 aromatic heterocycles. The van der Waals surface area contributed by atoms with Crippen LogP contribution in [0.3, 0.4) is 0 Å². The highest BCUT2D eigenvalue weighted by molar-refractivity contribution is 8.77. The number of hydrogen-bond acceptors (Lipinski definition) is 10. The lowest BCUT2D eigenvalue weighted by Crippen LogP contribution is -1.97. The first-order valence-corrected chi connectivity index (χ1v) is 23.9. The van der Waals surface area contributed by atoms with E-state index in [1.54, 1.807) is 10.8 Å². The van der Waals surface area contributed by atoms with Crippen LogP contribution < -0.4 is 0 Å². The summed E-state index contributed by atoms with van der Waals surface area (Å²) >= 11 is 1.47. The first-order valence-electron chi connectivity index (χ1n) is 16.7. The van der Waals surface area contributed by atoms with Crippen LogP contribution in [-0.2, 0) is 18.4 Å². The molecule has 0 fully saturated rings. The van der Waals surface area contributed by atoms with Gasteiger partial charge < -0.3 is 18.4 Å². The summed E-state index contributed by atoms with van der Waals surface area (Å²) in [6.07, 6.45) is 12.1. The predicted molar refractivity (Wildman–Crippen MR) is 211 cm³/mol. The average molecular weight is 715 g/mol. The second-order valence-electron chi connectivity index (χ2n) is 8.84. The molecule has 0 unspecified atom stereocenters. The van der Waals surface area contributed by atoms with E-state index in [-0.39, 0.29) is 0 Å². The quantitative estimate of drug-likeness (QED) is 0.0466. The smallest absolute Gasteiger partial charge is 0.0622 e. The van der Waals surface area contributed by atoms with E-state index in [1.807, 2.05) is 43.2 Å². The average Bonchev–Trinajstić information content (AvgIpc) is 3.02. The molecule has 0 aliphatic heterocycles. The third-order valence-corrected chi connectivity index (χ3v) is 11.1. The van der Waals surface area contributed by atoms with E-state index >= 15 is 0 Å². The molecule has 0 rings (SSSR count). The Bertz CT molecular complexity index is 333. The predicted octanol–water partition coefficient (Wildman–Crippen LogP) is 13.2. The molecule has 0 aromatic carbocycles. The summed E-state index contributed by atoms with van der Waals surface area (Å²) in [6, 6.07) is 0. The second kappa shape index (κ2) is 65.6. The van der Waals surface area contributed by atoms with Crippen LogP contribution in [0.2, 0.25) is 0 Å². The van der Waals surface area contributed by atoms with Gasteiger partial charge >= 0.3 is 0 Å². The van der Waals surface area contributed by atoms with Gasteiger partial charge in [-0.25, -0.2) is 0 Å². The third-order valence-electron chi connectivity index (χ3n) is 3.93. The third kappa shape index (κ3) is 83.9. The van der Waals surface area contributed by atoms with Crippen molar-refractivity contribution in [2.75, 3.05) is 75.0 Å². The highest BCUT2D eigenvalue weighted by Crippen LogP contribution is 2.22. The summed E-state index contributed by atoms with van der Waals surface area (Å²) in [5, 5.41) is 0. The lowest BCUT2D eigenvalue weighted by Gasteiger charge is -2.01. The number of ether oxygens (including phenoxy) is 3. The van der Waals surface area contributed by atoms with Crippen LogP contribution in [0.25, 0.3) is 0 Å². The van der Waals surface area contributed by atoms with Crippen molar-refractivity contribution in [3.63, 3.8) is 0 Å². The zero-order valence-corrected chi connectivity index (χ0v) is 34.5. The zero-order valence-electron chi connectivity index (χ0n) is 29.6. The Balaban J connectivity index is -0.000000141. The highest BCUT2D eigenvalue weighted by Gasteiger charge is 1.91. The molecule has 4 nitrogen and oxygen atoms in total. The minimum Gasteiger partial charge on any atom is -0.381 e. The number of rotatable bonds is 27.